The first-order chi connectivity index (χ1) is 11.5. The number of halogens is 2. The summed E-state index contributed by atoms with van der Waals surface area (Å²) in [5.41, 5.74) is 0.557. The molecule has 0 unspecified atom stereocenters. The van der Waals surface area contributed by atoms with Gasteiger partial charge in [0.2, 0.25) is 11.8 Å². The molecule has 0 atom stereocenters. The molecule has 4 nitrogen and oxygen atoms in total. The highest BCUT2D eigenvalue weighted by Gasteiger charge is 2.16. The van der Waals surface area contributed by atoms with Crippen molar-refractivity contribution in [2.24, 2.45) is 0 Å². The summed E-state index contributed by atoms with van der Waals surface area (Å²) < 4.78 is 24.5. The molecule has 8 heteroatoms. The smallest absolute Gasteiger partial charge is 0.288 e. The molecule has 1 aliphatic heterocycles. The summed E-state index contributed by atoms with van der Waals surface area (Å²) in [5.74, 6) is -2.09. The normalized spacial score (nSPS) is 14.7. The molecule has 0 radical (unpaired) electrons. The maximum Gasteiger partial charge on any atom is 0.288 e. The molecule has 1 N–H and O–H groups in total. The molecule has 1 fully saturated rings. The predicted octanol–water partition coefficient (Wildman–Crippen LogP) is 3.69. The van der Waals surface area contributed by atoms with Gasteiger partial charge in [0, 0.05) is 23.7 Å². The molecule has 0 aliphatic carbocycles. The Morgan fingerprint density at radius 2 is 1.75 bits per heavy atom. The van der Waals surface area contributed by atoms with Gasteiger partial charge < -0.3 is 10.2 Å². The van der Waals surface area contributed by atoms with Crippen LogP contribution in [0, 0.1) is 0 Å². The number of piperidine rings is 1. The van der Waals surface area contributed by atoms with Crippen molar-refractivity contribution in [2.45, 2.75) is 29.9 Å². The van der Waals surface area contributed by atoms with Gasteiger partial charge in [-0.25, -0.2) is 0 Å². The van der Waals surface area contributed by atoms with Crippen LogP contribution in [0.25, 0.3) is 0 Å². The minimum atomic E-state index is -2.46. The standard InChI is InChI=1S/C16H20F2N2O2S2/c17-16(18)24-13-6-4-12(5-7-13)19-14(21)10-23-11-15(22)20-8-2-1-3-9-20/h4-7,16H,1-3,8-11H2,(H,19,21). The summed E-state index contributed by atoms with van der Waals surface area (Å²) in [6.07, 6.45) is 3.28. The first kappa shape index (κ1) is 19.1. The maximum atomic E-state index is 12.2. The summed E-state index contributed by atoms with van der Waals surface area (Å²) in [6, 6.07) is 6.26. The lowest BCUT2D eigenvalue weighted by Gasteiger charge is -2.26. The van der Waals surface area contributed by atoms with Crippen molar-refractivity contribution >= 4 is 41.0 Å². The SMILES string of the molecule is O=C(CSCC(=O)N1CCCCC1)Nc1ccc(SC(F)F)cc1. The van der Waals surface area contributed by atoms with Gasteiger partial charge in [-0.05, 0) is 43.5 Å². The summed E-state index contributed by atoms with van der Waals surface area (Å²) >= 11 is 1.75. The van der Waals surface area contributed by atoms with Gasteiger partial charge in [0.05, 0.1) is 11.5 Å². The molecule has 1 aliphatic rings. The molecule has 2 amide bonds. The lowest BCUT2D eigenvalue weighted by Crippen LogP contribution is -2.37. The van der Waals surface area contributed by atoms with Crippen molar-refractivity contribution in [1.29, 1.82) is 0 Å². The second-order valence-corrected chi connectivity index (χ2v) is 7.43. The van der Waals surface area contributed by atoms with Crippen LogP contribution in [0.2, 0.25) is 0 Å². The number of carbonyl (C=O) groups is 2. The Hall–Kier alpha value is -1.28. The third-order valence-electron chi connectivity index (χ3n) is 3.53. The fourth-order valence-electron chi connectivity index (χ4n) is 2.38. The van der Waals surface area contributed by atoms with Crippen molar-refractivity contribution in [3.63, 3.8) is 0 Å². The van der Waals surface area contributed by atoms with E-state index in [0.717, 1.165) is 25.9 Å². The van der Waals surface area contributed by atoms with Gasteiger partial charge in [0.25, 0.3) is 5.76 Å². The van der Waals surface area contributed by atoms with Gasteiger partial charge in [-0.3, -0.25) is 9.59 Å². The summed E-state index contributed by atoms with van der Waals surface area (Å²) in [7, 11) is 0. The minimum absolute atomic E-state index is 0.0841. The topological polar surface area (TPSA) is 49.4 Å². The highest BCUT2D eigenvalue weighted by Crippen LogP contribution is 2.26. The number of amides is 2. The number of hydrogen-bond donors (Lipinski definition) is 1. The number of anilines is 1. The quantitative estimate of drug-likeness (QED) is 0.740. The van der Waals surface area contributed by atoms with Crippen molar-refractivity contribution in [2.75, 3.05) is 29.9 Å². The Balaban J connectivity index is 1.68. The molecule has 0 saturated carbocycles. The third-order valence-corrected chi connectivity index (χ3v) is 5.17. The molecule has 0 bridgehead atoms. The number of benzene rings is 1. The van der Waals surface area contributed by atoms with Gasteiger partial charge in [-0.2, -0.15) is 8.78 Å². The van der Waals surface area contributed by atoms with Gasteiger partial charge >= 0.3 is 0 Å². The highest BCUT2D eigenvalue weighted by molar-refractivity contribution is 8.00. The number of carbonyl (C=O) groups excluding carboxylic acids is 2. The van der Waals surface area contributed by atoms with Crippen LogP contribution in [-0.2, 0) is 9.59 Å². The van der Waals surface area contributed by atoms with Gasteiger partial charge in [-0.15, -0.1) is 11.8 Å². The fraction of sp³-hybridized carbons (Fsp3) is 0.500. The lowest BCUT2D eigenvalue weighted by molar-refractivity contribution is -0.129. The molecule has 0 spiro atoms. The number of likely N-dealkylation sites (tertiary alicyclic amines) is 1. The molecule has 1 heterocycles. The Kier molecular flexibility index (Phi) is 7.84. The molecule has 0 aromatic heterocycles. The van der Waals surface area contributed by atoms with E-state index in [1.165, 1.54) is 18.2 Å². The van der Waals surface area contributed by atoms with E-state index in [1.807, 2.05) is 4.90 Å². The molecule has 1 aromatic carbocycles. The largest absolute Gasteiger partial charge is 0.342 e. The van der Waals surface area contributed by atoms with Crippen molar-refractivity contribution in [3.05, 3.63) is 24.3 Å². The number of nitrogens with one attached hydrogen (secondary N) is 1. The monoisotopic (exact) mass is 374 g/mol. The van der Waals surface area contributed by atoms with Crippen LogP contribution in [0.3, 0.4) is 0 Å². The summed E-state index contributed by atoms with van der Waals surface area (Å²) in [4.78, 5) is 26.1. The zero-order valence-corrected chi connectivity index (χ0v) is 14.8. The van der Waals surface area contributed by atoms with E-state index in [4.69, 9.17) is 0 Å². The van der Waals surface area contributed by atoms with Crippen molar-refractivity contribution in [3.8, 4) is 0 Å². The summed E-state index contributed by atoms with van der Waals surface area (Å²) in [6.45, 7) is 1.63. The van der Waals surface area contributed by atoms with E-state index in [-0.39, 0.29) is 17.6 Å². The van der Waals surface area contributed by atoms with Crippen LogP contribution in [0.4, 0.5) is 14.5 Å². The predicted molar refractivity (Wildman–Crippen MR) is 94.7 cm³/mol. The lowest BCUT2D eigenvalue weighted by atomic mass is 10.1. The average Bonchev–Trinajstić information content (AvgIpc) is 2.57. The van der Waals surface area contributed by atoms with Crippen LogP contribution >= 0.6 is 23.5 Å². The Morgan fingerprint density at radius 1 is 1.08 bits per heavy atom. The Morgan fingerprint density at radius 3 is 2.38 bits per heavy atom. The molecule has 2 rings (SSSR count). The van der Waals surface area contributed by atoms with Crippen LogP contribution < -0.4 is 5.32 Å². The van der Waals surface area contributed by atoms with Gasteiger partial charge in [0.1, 0.15) is 0 Å². The highest BCUT2D eigenvalue weighted by atomic mass is 32.2. The van der Waals surface area contributed by atoms with E-state index in [9.17, 15) is 18.4 Å². The van der Waals surface area contributed by atoms with E-state index >= 15 is 0 Å². The van der Waals surface area contributed by atoms with Crippen LogP contribution in [-0.4, -0.2) is 47.1 Å². The van der Waals surface area contributed by atoms with Crippen molar-refractivity contribution in [1.82, 2.24) is 4.90 Å². The molecule has 1 aromatic rings. The van der Waals surface area contributed by atoms with Crippen LogP contribution in [0.15, 0.2) is 29.2 Å². The number of nitrogens with zero attached hydrogens (tertiary/aromatic N) is 1. The number of alkyl halides is 2. The van der Waals surface area contributed by atoms with E-state index in [0.29, 0.717) is 28.1 Å². The molecular weight excluding hydrogens is 354 g/mol. The average molecular weight is 374 g/mol. The fourth-order valence-corrected chi connectivity index (χ4v) is 3.60. The number of rotatable bonds is 7. The van der Waals surface area contributed by atoms with Crippen LogP contribution in [0.5, 0.6) is 0 Å². The van der Waals surface area contributed by atoms with E-state index in [2.05, 4.69) is 5.32 Å². The second kappa shape index (κ2) is 9.88. The minimum Gasteiger partial charge on any atom is -0.342 e. The van der Waals surface area contributed by atoms with Crippen LogP contribution in [0.1, 0.15) is 19.3 Å². The Bertz CT molecular complexity index is 550. The third kappa shape index (κ3) is 6.68. The Labute approximate surface area is 148 Å². The van der Waals surface area contributed by atoms with Crippen molar-refractivity contribution < 1.29 is 18.4 Å². The molecular formula is C16H20F2N2O2S2. The zero-order valence-electron chi connectivity index (χ0n) is 13.2. The van der Waals surface area contributed by atoms with Gasteiger partial charge in [-0.1, -0.05) is 11.8 Å². The first-order valence-corrected chi connectivity index (χ1v) is 9.78. The summed E-state index contributed by atoms with van der Waals surface area (Å²) in [5, 5.41) is 2.69. The van der Waals surface area contributed by atoms with E-state index < -0.39 is 5.76 Å². The number of thioether (sulfide) groups is 2. The molecule has 132 valence electrons. The molecule has 24 heavy (non-hydrogen) atoms. The zero-order chi connectivity index (χ0) is 17.4. The first-order valence-electron chi connectivity index (χ1n) is 7.75. The molecule has 1 saturated heterocycles. The maximum absolute atomic E-state index is 12.2. The second-order valence-electron chi connectivity index (χ2n) is 5.39. The van der Waals surface area contributed by atoms with Gasteiger partial charge in [0.15, 0.2) is 0 Å². The van der Waals surface area contributed by atoms with E-state index in [1.54, 1.807) is 24.3 Å². The number of hydrogen-bond acceptors (Lipinski definition) is 4.